The van der Waals surface area contributed by atoms with Crippen LogP contribution in [0.25, 0.3) is 11.6 Å². The second-order valence-electron chi connectivity index (χ2n) is 7.03. The summed E-state index contributed by atoms with van der Waals surface area (Å²) in [5.74, 6) is 1.32. The van der Waals surface area contributed by atoms with E-state index >= 15 is 0 Å². The highest BCUT2D eigenvalue weighted by Crippen LogP contribution is 2.43. The van der Waals surface area contributed by atoms with Crippen molar-refractivity contribution in [2.45, 2.75) is 50.0 Å². The van der Waals surface area contributed by atoms with Crippen LogP contribution in [0.5, 0.6) is 0 Å². The highest BCUT2D eigenvalue weighted by atomic mass is 16.5. The topological polar surface area (TPSA) is 60.6 Å². The SMILES string of the molecule is CO[C@H]1CC[C@@]2(OC)CCN(Cc3cnc(-c4ccco4)nc3)[C@H]2C1. The van der Waals surface area contributed by atoms with Gasteiger partial charge in [-0.15, -0.1) is 0 Å². The van der Waals surface area contributed by atoms with Crippen LogP contribution in [0.4, 0.5) is 0 Å². The first-order chi connectivity index (χ1) is 12.2. The van der Waals surface area contributed by atoms with Crippen LogP contribution in [-0.4, -0.2) is 53.4 Å². The third-order valence-electron chi connectivity index (χ3n) is 5.82. The molecule has 0 spiro atoms. The van der Waals surface area contributed by atoms with E-state index in [0.29, 0.717) is 23.7 Å². The molecule has 0 unspecified atom stereocenters. The molecule has 1 saturated heterocycles. The molecule has 25 heavy (non-hydrogen) atoms. The van der Waals surface area contributed by atoms with Crippen molar-refractivity contribution in [3.63, 3.8) is 0 Å². The molecule has 2 fully saturated rings. The van der Waals surface area contributed by atoms with Crippen molar-refractivity contribution in [1.29, 1.82) is 0 Å². The summed E-state index contributed by atoms with van der Waals surface area (Å²) < 4.78 is 17.0. The Bertz CT molecular complexity index is 688. The third-order valence-corrected chi connectivity index (χ3v) is 5.82. The maximum atomic E-state index is 5.99. The molecule has 1 aliphatic carbocycles. The summed E-state index contributed by atoms with van der Waals surface area (Å²) in [5.41, 5.74) is 1.09. The monoisotopic (exact) mass is 343 g/mol. The molecule has 0 amide bonds. The summed E-state index contributed by atoms with van der Waals surface area (Å²) in [6.07, 6.45) is 10.0. The summed E-state index contributed by atoms with van der Waals surface area (Å²) in [4.78, 5) is 11.4. The maximum absolute atomic E-state index is 5.99. The molecule has 4 rings (SSSR count). The lowest BCUT2D eigenvalue weighted by molar-refractivity contribution is -0.0947. The zero-order chi connectivity index (χ0) is 17.3. The molecular weight excluding hydrogens is 318 g/mol. The standard InChI is InChI=1S/C19H25N3O3/c1-23-15-5-6-19(24-2)7-8-22(17(19)10-15)13-14-11-20-18(21-12-14)16-4-3-9-25-16/h3-4,9,11-12,15,17H,5-8,10,13H2,1-2H3/t15-,17-,19+/m0/s1. The van der Waals surface area contributed by atoms with Gasteiger partial charge in [0.15, 0.2) is 11.6 Å². The fourth-order valence-corrected chi connectivity index (χ4v) is 4.36. The predicted molar refractivity (Wildman–Crippen MR) is 92.9 cm³/mol. The molecule has 134 valence electrons. The van der Waals surface area contributed by atoms with E-state index in [1.807, 2.05) is 38.7 Å². The maximum Gasteiger partial charge on any atom is 0.195 e. The first-order valence-corrected chi connectivity index (χ1v) is 8.91. The molecule has 2 aromatic rings. The molecule has 3 atom stereocenters. The highest BCUT2D eigenvalue weighted by Gasteiger charge is 2.50. The average molecular weight is 343 g/mol. The molecule has 6 heteroatoms. The van der Waals surface area contributed by atoms with Crippen LogP contribution >= 0.6 is 0 Å². The van der Waals surface area contributed by atoms with Gasteiger partial charge < -0.3 is 13.9 Å². The molecule has 1 aliphatic heterocycles. The van der Waals surface area contributed by atoms with Crippen molar-refractivity contribution in [2.75, 3.05) is 20.8 Å². The number of nitrogens with zero attached hydrogens (tertiary/aromatic N) is 3. The van der Waals surface area contributed by atoms with Crippen LogP contribution in [0.1, 0.15) is 31.2 Å². The van der Waals surface area contributed by atoms with E-state index in [9.17, 15) is 0 Å². The van der Waals surface area contributed by atoms with Gasteiger partial charge in [0.25, 0.3) is 0 Å². The number of methoxy groups -OCH3 is 2. The van der Waals surface area contributed by atoms with E-state index in [2.05, 4.69) is 14.9 Å². The van der Waals surface area contributed by atoms with Gasteiger partial charge in [-0.25, -0.2) is 9.97 Å². The van der Waals surface area contributed by atoms with Gasteiger partial charge in [0.2, 0.25) is 0 Å². The molecule has 3 heterocycles. The van der Waals surface area contributed by atoms with E-state index < -0.39 is 0 Å². The van der Waals surface area contributed by atoms with Gasteiger partial charge in [0, 0.05) is 51.3 Å². The molecule has 1 saturated carbocycles. The molecule has 2 aromatic heterocycles. The number of hydrogen-bond donors (Lipinski definition) is 0. The normalized spacial score (nSPS) is 29.7. The van der Waals surface area contributed by atoms with Gasteiger partial charge in [0.05, 0.1) is 18.0 Å². The van der Waals surface area contributed by atoms with Crippen molar-refractivity contribution in [1.82, 2.24) is 14.9 Å². The molecular formula is C19H25N3O3. The molecule has 0 bridgehead atoms. The summed E-state index contributed by atoms with van der Waals surface area (Å²) in [5, 5.41) is 0. The Kier molecular flexibility index (Phi) is 4.58. The van der Waals surface area contributed by atoms with E-state index in [1.54, 1.807) is 6.26 Å². The minimum atomic E-state index is -0.0238. The summed E-state index contributed by atoms with van der Waals surface area (Å²) in [6.45, 7) is 1.87. The van der Waals surface area contributed by atoms with Crippen LogP contribution < -0.4 is 0 Å². The predicted octanol–water partition coefficient (Wildman–Crippen LogP) is 2.90. The number of furan rings is 1. The zero-order valence-electron chi connectivity index (χ0n) is 14.9. The van der Waals surface area contributed by atoms with Crippen LogP contribution in [-0.2, 0) is 16.0 Å². The van der Waals surface area contributed by atoms with Crippen LogP contribution in [0, 0.1) is 0 Å². The second-order valence-corrected chi connectivity index (χ2v) is 7.03. The summed E-state index contributed by atoms with van der Waals surface area (Å²) in [7, 11) is 3.66. The van der Waals surface area contributed by atoms with E-state index in [1.165, 1.54) is 0 Å². The molecule has 6 nitrogen and oxygen atoms in total. The highest BCUT2D eigenvalue weighted by molar-refractivity contribution is 5.45. The first-order valence-electron chi connectivity index (χ1n) is 8.91. The van der Waals surface area contributed by atoms with Crippen LogP contribution in [0.15, 0.2) is 35.2 Å². The van der Waals surface area contributed by atoms with Gasteiger partial charge >= 0.3 is 0 Å². The fraction of sp³-hybridized carbons (Fsp3) is 0.579. The number of aromatic nitrogens is 2. The molecule has 2 aliphatic rings. The van der Waals surface area contributed by atoms with E-state index in [-0.39, 0.29) is 5.60 Å². The van der Waals surface area contributed by atoms with Gasteiger partial charge in [-0.1, -0.05) is 0 Å². The second kappa shape index (κ2) is 6.86. The Morgan fingerprint density at radius 3 is 2.80 bits per heavy atom. The lowest BCUT2D eigenvalue weighted by Gasteiger charge is -2.43. The van der Waals surface area contributed by atoms with Crippen molar-refractivity contribution < 1.29 is 13.9 Å². The number of ether oxygens (including phenoxy) is 2. The smallest absolute Gasteiger partial charge is 0.195 e. The summed E-state index contributed by atoms with van der Waals surface area (Å²) >= 11 is 0. The van der Waals surface area contributed by atoms with Crippen molar-refractivity contribution in [2.24, 2.45) is 0 Å². The van der Waals surface area contributed by atoms with Crippen LogP contribution in [0.3, 0.4) is 0 Å². The average Bonchev–Trinajstić information content (AvgIpc) is 3.31. The Morgan fingerprint density at radius 1 is 1.28 bits per heavy atom. The van der Waals surface area contributed by atoms with Crippen molar-refractivity contribution >= 4 is 0 Å². The summed E-state index contributed by atoms with van der Waals surface area (Å²) in [6, 6.07) is 4.10. The molecule has 0 aromatic carbocycles. The third kappa shape index (κ3) is 3.10. The van der Waals surface area contributed by atoms with E-state index in [4.69, 9.17) is 13.9 Å². The first kappa shape index (κ1) is 16.7. The Labute approximate surface area is 148 Å². The van der Waals surface area contributed by atoms with Gasteiger partial charge in [-0.2, -0.15) is 0 Å². The van der Waals surface area contributed by atoms with Gasteiger partial charge in [0.1, 0.15) is 0 Å². The fourth-order valence-electron chi connectivity index (χ4n) is 4.36. The lowest BCUT2D eigenvalue weighted by atomic mass is 9.79. The van der Waals surface area contributed by atoms with Crippen molar-refractivity contribution in [3.05, 3.63) is 36.4 Å². The quantitative estimate of drug-likeness (QED) is 0.832. The van der Waals surface area contributed by atoms with Crippen molar-refractivity contribution in [3.8, 4) is 11.6 Å². The zero-order valence-corrected chi connectivity index (χ0v) is 14.9. The largest absolute Gasteiger partial charge is 0.461 e. The van der Waals surface area contributed by atoms with E-state index in [0.717, 1.165) is 44.3 Å². The van der Waals surface area contributed by atoms with Crippen LogP contribution in [0.2, 0.25) is 0 Å². The minimum Gasteiger partial charge on any atom is -0.461 e. The number of likely N-dealkylation sites (tertiary alicyclic amines) is 1. The Balaban J connectivity index is 1.48. The number of hydrogen-bond acceptors (Lipinski definition) is 6. The van der Waals surface area contributed by atoms with Gasteiger partial charge in [-0.05, 0) is 37.8 Å². The molecule has 0 N–H and O–H groups in total. The molecule has 0 radical (unpaired) electrons. The number of rotatable bonds is 5. The Morgan fingerprint density at radius 2 is 2.12 bits per heavy atom. The van der Waals surface area contributed by atoms with Gasteiger partial charge in [-0.3, -0.25) is 4.90 Å². The number of fused-ring (bicyclic) bond motifs is 1. The Hall–Kier alpha value is -1.76. The lowest BCUT2D eigenvalue weighted by Crippen LogP contribution is -2.51. The minimum absolute atomic E-state index is 0.0238.